The number of guanidine groups is 1. The van der Waals surface area contributed by atoms with E-state index in [1.165, 1.54) is 0 Å². The van der Waals surface area contributed by atoms with Gasteiger partial charge in [0.2, 0.25) is 0 Å². The highest BCUT2D eigenvalue weighted by atomic mass is 35.5. The summed E-state index contributed by atoms with van der Waals surface area (Å²) in [5, 5.41) is 1.16. The molecule has 4 nitrogen and oxygen atoms in total. The molecule has 1 aliphatic heterocycles. The van der Waals surface area contributed by atoms with Crippen molar-refractivity contribution in [2.45, 2.75) is 6.04 Å². The van der Waals surface area contributed by atoms with Gasteiger partial charge in [0.1, 0.15) is 0 Å². The van der Waals surface area contributed by atoms with Crippen LogP contribution >= 0.6 is 23.2 Å². The van der Waals surface area contributed by atoms with E-state index in [0.29, 0.717) is 22.5 Å². The zero-order valence-corrected chi connectivity index (χ0v) is 12.6. The van der Waals surface area contributed by atoms with Crippen LogP contribution in [-0.2, 0) is 0 Å². The van der Waals surface area contributed by atoms with Crippen LogP contribution < -0.4 is 5.73 Å². The monoisotopic (exact) mass is 300 g/mol. The van der Waals surface area contributed by atoms with Gasteiger partial charge in [-0.25, -0.2) is 0 Å². The van der Waals surface area contributed by atoms with E-state index in [1.54, 1.807) is 6.07 Å². The summed E-state index contributed by atoms with van der Waals surface area (Å²) in [6.45, 7) is 2.35. The van der Waals surface area contributed by atoms with Gasteiger partial charge in [0.05, 0.1) is 22.6 Å². The van der Waals surface area contributed by atoms with Gasteiger partial charge in [-0.3, -0.25) is 4.99 Å². The molecule has 6 heteroatoms. The molecule has 0 radical (unpaired) electrons. The van der Waals surface area contributed by atoms with Crippen LogP contribution in [-0.4, -0.2) is 49.5 Å². The third-order valence-electron chi connectivity index (χ3n) is 3.23. The fourth-order valence-electron chi connectivity index (χ4n) is 2.15. The predicted octanol–water partition coefficient (Wildman–Crippen LogP) is 2.23. The molecule has 0 saturated heterocycles. The average molecular weight is 301 g/mol. The number of nitrogens with zero attached hydrogens (tertiary/aromatic N) is 3. The molecule has 2 N–H and O–H groups in total. The van der Waals surface area contributed by atoms with Gasteiger partial charge in [-0.15, -0.1) is 0 Å². The van der Waals surface area contributed by atoms with Crippen molar-refractivity contribution in [3.05, 3.63) is 33.8 Å². The van der Waals surface area contributed by atoms with Crippen LogP contribution in [0.25, 0.3) is 0 Å². The number of rotatable bonds is 4. The second-order valence-corrected chi connectivity index (χ2v) is 5.64. The number of benzene rings is 1. The lowest BCUT2D eigenvalue weighted by Gasteiger charge is -2.28. The van der Waals surface area contributed by atoms with Gasteiger partial charge in [-0.2, -0.15) is 0 Å². The molecule has 1 heterocycles. The molecule has 0 spiro atoms. The van der Waals surface area contributed by atoms with Crippen molar-refractivity contribution < 1.29 is 0 Å². The van der Waals surface area contributed by atoms with Crippen LogP contribution in [0.15, 0.2) is 23.2 Å². The van der Waals surface area contributed by atoms with Gasteiger partial charge in [0.25, 0.3) is 0 Å². The Bertz CT molecular complexity index is 488. The molecular weight excluding hydrogens is 283 g/mol. The Morgan fingerprint density at radius 3 is 2.84 bits per heavy atom. The van der Waals surface area contributed by atoms with Gasteiger partial charge in [0.15, 0.2) is 5.96 Å². The van der Waals surface area contributed by atoms with E-state index in [2.05, 4.69) is 14.8 Å². The Morgan fingerprint density at radius 2 is 2.16 bits per heavy atom. The van der Waals surface area contributed by atoms with E-state index in [0.717, 1.165) is 18.7 Å². The molecule has 0 fully saturated rings. The lowest BCUT2D eigenvalue weighted by molar-refractivity contribution is 0.293. The SMILES string of the molecule is CN(C)CCN1C(N)=NCC1c1cccc(Cl)c1Cl. The van der Waals surface area contributed by atoms with Crippen LogP contribution in [0.1, 0.15) is 11.6 Å². The highest BCUT2D eigenvalue weighted by molar-refractivity contribution is 6.42. The summed E-state index contributed by atoms with van der Waals surface area (Å²) in [5.41, 5.74) is 6.95. The van der Waals surface area contributed by atoms with E-state index in [4.69, 9.17) is 28.9 Å². The van der Waals surface area contributed by atoms with Crippen LogP contribution in [0.5, 0.6) is 0 Å². The molecule has 1 unspecified atom stereocenters. The number of hydrogen-bond donors (Lipinski definition) is 1. The van der Waals surface area contributed by atoms with Crippen molar-refractivity contribution >= 4 is 29.2 Å². The van der Waals surface area contributed by atoms with Crippen molar-refractivity contribution in [2.24, 2.45) is 10.7 Å². The lowest BCUT2D eigenvalue weighted by atomic mass is 10.1. The Balaban J connectivity index is 2.21. The Kier molecular flexibility index (Phi) is 4.55. The van der Waals surface area contributed by atoms with Gasteiger partial charge in [-0.1, -0.05) is 35.3 Å². The Morgan fingerprint density at radius 1 is 1.42 bits per heavy atom. The highest BCUT2D eigenvalue weighted by Gasteiger charge is 2.29. The second kappa shape index (κ2) is 5.99. The predicted molar refractivity (Wildman–Crippen MR) is 81.0 cm³/mol. The maximum Gasteiger partial charge on any atom is 0.191 e. The maximum absolute atomic E-state index is 6.29. The van der Waals surface area contributed by atoms with Crippen molar-refractivity contribution in [1.82, 2.24) is 9.80 Å². The molecule has 1 aromatic carbocycles. The first-order chi connectivity index (χ1) is 9.00. The summed E-state index contributed by atoms with van der Waals surface area (Å²) in [6.07, 6.45) is 0. The van der Waals surface area contributed by atoms with Gasteiger partial charge >= 0.3 is 0 Å². The van der Waals surface area contributed by atoms with Gasteiger partial charge in [0, 0.05) is 13.1 Å². The summed E-state index contributed by atoms with van der Waals surface area (Å²) in [7, 11) is 4.07. The number of likely N-dealkylation sites (N-methyl/N-ethyl adjacent to an activating group) is 1. The summed E-state index contributed by atoms with van der Waals surface area (Å²) in [5.74, 6) is 0.572. The Hall–Kier alpha value is -0.970. The van der Waals surface area contributed by atoms with E-state index in [1.807, 2.05) is 26.2 Å². The van der Waals surface area contributed by atoms with Crippen LogP contribution in [0.2, 0.25) is 10.0 Å². The zero-order chi connectivity index (χ0) is 14.0. The fourth-order valence-corrected chi connectivity index (χ4v) is 2.59. The Labute approximate surface area is 123 Å². The smallest absolute Gasteiger partial charge is 0.191 e. The molecule has 2 rings (SSSR count). The molecule has 0 bridgehead atoms. The molecule has 1 aliphatic rings. The van der Waals surface area contributed by atoms with E-state index < -0.39 is 0 Å². The van der Waals surface area contributed by atoms with Crippen molar-refractivity contribution in [1.29, 1.82) is 0 Å². The van der Waals surface area contributed by atoms with E-state index in [-0.39, 0.29) is 6.04 Å². The maximum atomic E-state index is 6.29. The third kappa shape index (κ3) is 3.14. The number of nitrogens with two attached hydrogens (primary N) is 1. The molecule has 0 aromatic heterocycles. The minimum atomic E-state index is 0.0751. The van der Waals surface area contributed by atoms with E-state index >= 15 is 0 Å². The van der Waals surface area contributed by atoms with E-state index in [9.17, 15) is 0 Å². The standard InChI is InChI=1S/C13H18Cl2N4/c1-18(2)6-7-19-11(8-17-13(19)16)9-4-3-5-10(14)12(9)15/h3-5,11H,6-8H2,1-2H3,(H2,16,17). The number of aliphatic imine (C=N–C) groups is 1. The van der Waals surface area contributed by atoms with Crippen molar-refractivity contribution in [3.63, 3.8) is 0 Å². The summed E-state index contributed by atoms with van der Waals surface area (Å²) in [6, 6.07) is 5.75. The quantitative estimate of drug-likeness (QED) is 0.927. The minimum Gasteiger partial charge on any atom is -0.370 e. The first-order valence-electron chi connectivity index (χ1n) is 6.16. The van der Waals surface area contributed by atoms with Crippen LogP contribution in [0.3, 0.4) is 0 Å². The largest absolute Gasteiger partial charge is 0.370 e. The molecule has 0 amide bonds. The summed E-state index contributed by atoms with van der Waals surface area (Å²) < 4.78 is 0. The van der Waals surface area contributed by atoms with Crippen LogP contribution in [0.4, 0.5) is 0 Å². The molecular formula is C13H18Cl2N4. The molecule has 19 heavy (non-hydrogen) atoms. The molecule has 104 valence electrons. The van der Waals surface area contributed by atoms with Crippen molar-refractivity contribution in [3.8, 4) is 0 Å². The lowest BCUT2D eigenvalue weighted by Crippen LogP contribution is -2.40. The minimum absolute atomic E-state index is 0.0751. The third-order valence-corrected chi connectivity index (χ3v) is 4.06. The second-order valence-electron chi connectivity index (χ2n) is 4.85. The molecule has 1 aromatic rings. The molecule has 0 aliphatic carbocycles. The van der Waals surface area contributed by atoms with Crippen LogP contribution in [0, 0.1) is 0 Å². The summed E-state index contributed by atoms with van der Waals surface area (Å²) >= 11 is 12.4. The topological polar surface area (TPSA) is 44.9 Å². The first-order valence-corrected chi connectivity index (χ1v) is 6.91. The summed E-state index contributed by atoms with van der Waals surface area (Å²) in [4.78, 5) is 8.52. The van der Waals surface area contributed by atoms with Gasteiger partial charge < -0.3 is 15.5 Å². The number of hydrogen-bond acceptors (Lipinski definition) is 4. The van der Waals surface area contributed by atoms with Gasteiger partial charge in [-0.05, 0) is 25.7 Å². The fraction of sp³-hybridized carbons (Fsp3) is 0.462. The average Bonchev–Trinajstić information content (AvgIpc) is 2.71. The van der Waals surface area contributed by atoms with Crippen molar-refractivity contribution in [2.75, 3.05) is 33.7 Å². The molecule has 1 atom stereocenters. The first kappa shape index (κ1) is 14.4. The molecule has 0 saturated carbocycles. The zero-order valence-electron chi connectivity index (χ0n) is 11.1. The normalized spacial score (nSPS) is 19.1. The number of halogens is 2. The highest BCUT2D eigenvalue weighted by Crippen LogP contribution is 2.34.